The van der Waals surface area contributed by atoms with Gasteiger partial charge in [-0.2, -0.15) is 0 Å². The van der Waals surface area contributed by atoms with E-state index in [-0.39, 0.29) is 10.6 Å². The normalized spacial score (nSPS) is 22.9. The summed E-state index contributed by atoms with van der Waals surface area (Å²) >= 11 is 3.29. The fourth-order valence-corrected chi connectivity index (χ4v) is 3.49. The van der Waals surface area contributed by atoms with Gasteiger partial charge in [0.05, 0.1) is 4.92 Å². The highest BCUT2D eigenvalue weighted by Crippen LogP contribution is 2.33. The molecule has 1 aromatic carbocycles. The maximum absolute atomic E-state index is 11.2. The maximum atomic E-state index is 11.2. The summed E-state index contributed by atoms with van der Waals surface area (Å²) in [5, 5.41) is 14.6. The number of hydrogen-bond acceptors (Lipinski definition) is 3. The Hall–Kier alpha value is -1.10. The van der Waals surface area contributed by atoms with Crippen LogP contribution in [-0.4, -0.2) is 11.0 Å². The minimum absolute atomic E-state index is 0.147. The van der Waals surface area contributed by atoms with E-state index in [0.717, 1.165) is 29.2 Å². The summed E-state index contributed by atoms with van der Waals surface area (Å²) in [5.41, 5.74) is 0.783. The van der Waals surface area contributed by atoms with Crippen LogP contribution in [0.1, 0.15) is 46.0 Å². The molecule has 1 aromatic rings. The lowest BCUT2D eigenvalue weighted by Gasteiger charge is -2.19. The van der Waals surface area contributed by atoms with E-state index in [0.29, 0.717) is 11.7 Å². The quantitative estimate of drug-likeness (QED) is 0.448. The Labute approximate surface area is 134 Å². The van der Waals surface area contributed by atoms with Crippen LogP contribution in [-0.2, 0) is 0 Å². The number of benzene rings is 1. The van der Waals surface area contributed by atoms with Gasteiger partial charge in [-0.15, -0.1) is 0 Å². The zero-order valence-electron chi connectivity index (χ0n) is 12.6. The molecule has 1 aliphatic rings. The van der Waals surface area contributed by atoms with E-state index in [1.807, 2.05) is 6.07 Å². The smallest absolute Gasteiger partial charge is 0.293 e. The van der Waals surface area contributed by atoms with Gasteiger partial charge >= 0.3 is 0 Å². The zero-order valence-corrected chi connectivity index (χ0v) is 14.2. The minimum Gasteiger partial charge on any atom is -0.377 e. The van der Waals surface area contributed by atoms with Gasteiger partial charge in [-0.25, -0.2) is 0 Å². The fraction of sp³-hybridized carbons (Fsp3) is 0.625. The lowest BCUT2D eigenvalue weighted by molar-refractivity contribution is -0.384. The van der Waals surface area contributed by atoms with E-state index in [4.69, 9.17) is 0 Å². The zero-order chi connectivity index (χ0) is 15.4. The van der Waals surface area contributed by atoms with Gasteiger partial charge < -0.3 is 5.32 Å². The van der Waals surface area contributed by atoms with Crippen molar-refractivity contribution >= 4 is 27.3 Å². The first-order valence-electron chi connectivity index (χ1n) is 7.68. The van der Waals surface area contributed by atoms with Crippen molar-refractivity contribution in [3.05, 3.63) is 32.8 Å². The highest BCUT2D eigenvalue weighted by Gasteiger charge is 2.23. The van der Waals surface area contributed by atoms with Crippen LogP contribution in [0, 0.1) is 22.0 Å². The molecule has 2 atom stereocenters. The van der Waals surface area contributed by atoms with E-state index >= 15 is 0 Å². The number of nitrogens with one attached hydrogen (secondary N) is 1. The largest absolute Gasteiger partial charge is 0.377 e. The summed E-state index contributed by atoms with van der Waals surface area (Å²) < 4.78 is 0.737. The molecule has 1 aliphatic carbocycles. The van der Waals surface area contributed by atoms with Gasteiger partial charge in [0, 0.05) is 16.6 Å². The summed E-state index contributed by atoms with van der Waals surface area (Å²) in [5.74, 6) is 1.52. The molecular weight excluding hydrogens is 332 g/mol. The first-order chi connectivity index (χ1) is 9.97. The lowest BCUT2D eigenvalue weighted by Crippen LogP contribution is -2.19. The van der Waals surface area contributed by atoms with E-state index in [2.05, 4.69) is 35.1 Å². The molecule has 0 aliphatic heterocycles. The Morgan fingerprint density at radius 2 is 2.05 bits per heavy atom. The molecule has 1 N–H and O–H groups in total. The predicted octanol–water partition coefficient (Wildman–Crippen LogP) is 5.37. The van der Waals surface area contributed by atoms with E-state index in [1.54, 1.807) is 12.1 Å². The molecule has 1 saturated carbocycles. The van der Waals surface area contributed by atoms with Gasteiger partial charge in [-0.3, -0.25) is 10.1 Å². The molecule has 116 valence electrons. The third kappa shape index (κ3) is 4.43. The van der Waals surface area contributed by atoms with Crippen molar-refractivity contribution in [1.29, 1.82) is 0 Å². The second kappa shape index (κ2) is 7.25. The van der Waals surface area contributed by atoms with E-state index in [1.165, 1.54) is 19.3 Å². The Morgan fingerprint density at radius 3 is 2.71 bits per heavy atom. The molecule has 0 radical (unpaired) electrons. The van der Waals surface area contributed by atoms with E-state index < -0.39 is 0 Å². The van der Waals surface area contributed by atoms with Crippen LogP contribution >= 0.6 is 15.9 Å². The molecule has 0 saturated heterocycles. The van der Waals surface area contributed by atoms with Crippen LogP contribution in [0.5, 0.6) is 0 Å². The minimum atomic E-state index is -0.319. The highest BCUT2D eigenvalue weighted by molar-refractivity contribution is 9.10. The first kappa shape index (κ1) is 16.3. The Morgan fingerprint density at radius 1 is 1.29 bits per heavy atom. The number of nitro benzene ring substituents is 1. The molecule has 0 bridgehead atoms. The van der Waals surface area contributed by atoms with Gasteiger partial charge in [0.25, 0.3) is 5.69 Å². The molecule has 0 amide bonds. The van der Waals surface area contributed by atoms with Crippen molar-refractivity contribution < 1.29 is 4.92 Å². The standard InChI is InChI=1S/C16H23BrN2O2/c1-11(2)12-4-3-5-14(8-6-12)18-15-9-7-13(17)10-16(15)19(20)21/h7,9-12,14,18H,3-6,8H2,1-2H3. The summed E-state index contributed by atoms with van der Waals surface area (Å²) in [7, 11) is 0. The SMILES string of the molecule is CC(C)C1CCCC(Nc2ccc(Br)cc2[N+](=O)[O-])CC1. The summed E-state index contributed by atoms with van der Waals surface area (Å²) in [6.07, 6.45) is 5.87. The summed E-state index contributed by atoms with van der Waals surface area (Å²) in [6, 6.07) is 5.56. The van der Waals surface area contributed by atoms with Crippen molar-refractivity contribution in [2.45, 2.75) is 52.0 Å². The van der Waals surface area contributed by atoms with Crippen molar-refractivity contribution in [3.63, 3.8) is 0 Å². The number of anilines is 1. The van der Waals surface area contributed by atoms with Crippen LogP contribution in [0.3, 0.4) is 0 Å². The van der Waals surface area contributed by atoms with Gasteiger partial charge in [0.2, 0.25) is 0 Å². The van der Waals surface area contributed by atoms with Crippen LogP contribution in [0.25, 0.3) is 0 Å². The second-order valence-corrected chi connectivity index (χ2v) is 7.19. The van der Waals surface area contributed by atoms with Crippen LogP contribution < -0.4 is 5.32 Å². The average Bonchev–Trinajstić information content (AvgIpc) is 2.66. The number of hydrogen-bond donors (Lipinski definition) is 1. The van der Waals surface area contributed by atoms with Crippen molar-refractivity contribution in [2.24, 2.45) is 11.8 Å². The number of nitro groups is 1. The molecule has 5 heteroatoms. The molecule has 21 heavy (non-hydrogen) atoms. The van der Waals surface area contributed by atoms with Crippen LogP contribution in [0.15, 0.2) is 22.7 Å². The first-order valence-corrected chi connectivity index (χ1v) is 8.47. The molecule has 0 spiro atoms. The molecule has 1 fully saturated rings. The average molecular weight is 355 g/mol. The molecule has 4 nitrogen and oxygen atoms in total. The summed E-state index contributed by atoms with van der Waals surface area (Å²) in [4.78, 5) is 10.9. The maximum Gasteiger partial charge on any atom is 0.293 e. The van der Waals surface area contributed by atoms with Gasteiger partial charge in [0.1, 0.15) is 5.69 Å². The topological polar surface area (TPSA) is 55.2 Å². The predicted molar refractivity (Wildman–Crippen MR) is 89.6 cm³/mol. The van der Waals surface area contributed by atoms with E-state index in [9.17, 15) is 10.1 Å². The Kier molecular flexibility index (Phi) is 5.62. The molecule has 0 aromatic heterocycles. The second-order valence-electron chi connectivity index (χ2n) is 6.27. The molecular formula is C16H23BrN2O2. The van der Waals surface area contributed by atoms with Crippen molar-refractivity contribution in [2.75, 3.05) is 5.32 Å². The van der Waals surface area contributed by atoms with Crippen LogP contribution in [0.4, 0.5) is 11.4 Å². The van der Waals surface area contributed by atoms with Gasteiger partial charge in [0.15, 0.2) is 0 Å². The third-order valence-corrected chi connectivity index (χ3v) is 4.97. The molecule has 2 unspecified atom stereocenters. The molecule has 0 heterocycles. The Bertz CT molecular complexity index is 505. The van der Waals surface area contributed by atoms with Crippen LogP contribution in [0.2, 0.25) is 0 Å². The van der Waals surface area contributed by atoms with Gasteiger partial charge in [-0.05, 0) is 43.2 Å². The summed E-state index contributed by atoms with van der Waals surface area (Å²) in [6.45, 7) is 4.58. The third-order valence-electron chi connectivity index (χ3n) is 4.47. The number of rotatable bonds is 4. The molecule has 2 rings (SSSR count). The fourth-order valence-electron chi connectivity index (χ4n) is 3.14. The monoisotopic (exact) mass is 354 g/mol. The van der Waals surface area contributed by atoms with Crippen molar-refractivity contribution in [3.8, 4) is 0 Å². The van der Waals surface area contributed by atoms with Crippen molar-refractivity contribution in [1.82, 2.24) is 0 Å². The number of nitrogens with zero attached hydrogens (tertiary/aromatic N) is 1. The van der Waals surface area contributed by atoms with Gasteiger partial charge in [-0.1, -0.05) is 42.6 Å². The highest BCUT2D eigenvalue weighted by atomic mass is 79.9. The lowest BCUT2D eigenvalue weighted by atomic mass is 9.89. The number of halogens is 1. The Balaban J connectivity index is 2.06.